The van der Waals surface area contributed by atoms with E-state index >= 15 is 0 Å². The number of carbonyl (C=O) groups is 1. The molecule has 1 amide bonds. The van der Waals surface area contributed by atoms with Crippen molar-refractivity contribution < 1.29 is 9.53 Å². The lowest BCUT2D eigenvalue weighted by atomic mass is 10.1. The van der Waals surface area contributed by atoms with E-state index in [0.717, 1.165) is 23.4 Å². The predicted octanol–water partition coefficient (Wildman–Crippen LogP) is 4.87. The van der Waals surface area contributed by atoms with E-state index in [1.54, 1.807) is 24.1 Å². The molecule has 1 fully saturated rings. The first-order valence-corrected chi connectivity index (χ1v) is 9.94. The van der Waals surface area contributed by atoms with Gasteiger partial charge in [-0.15, -0.1) is 0 Å². The summed E-state index contributed by atoms with van der Waals surface area (Å²) >= 11 is 6.39. The predicted molar refractivity (Wildman–Crippen MR) is 112 cm³/mol. The Morgan fingerprint density at radius 1 is 1.25 bits per heavy atom. The number of fused-ring (bicyclic) bond motifs is 1. The highest BCUT2D eigenvalue weighted by Crippen LogP contribution is 2.37. The molecule has 5 nitrogen and oxygen atoms in total. The van der Waals surface area contributed by atoms with E-state index in [9.17, 15) is 4.79 Å². The molecule has 1 aliphatic heterocycles. The first-order valence-electron chi connectivity index (χ1n) is 9.57. The number of rotatable bonds is 5. The fourth-order valence-electron chi connectivity index (χ4n) is 3.90. The van der Waals surface area contributed by atoms with Gasteiger partial charge in [0.15, 0.2) is 0 Å². The summed E-state index contributed by atoms with van der Waals surface area (Å²) in [7, 11) is 1.61. The molecule has 0 unspecified atom stereocenters. The molecule has 0 aliphatic carbocycles. The molecule has 3 aromatic rings. The Morgan fingerprint density at radius 2 is 2.04 bits per heavy atom. The molecule has 1 atom stereocenters. The van der Waals surface area contributed by atoms with Gasteiger partial charge in [0, 0.05) is 31.5 Å². The van der Waals surface area contributed by atoms with Crippen molar-refractivity contribution in [1.29, 1.82) is 0 Å². The summed E-state index contributed by atoms with van der Waals surface area (Å²) < 4.78 is 7.58. The van der Waals surface area contributed by atoms with Gasteiger partial charge in [-0.05, 0) is 30.2 Å². The normalized spacial score (nSPS) is 17.1. The van der Waals surface area contributed by atoms with Gasteiger partial charge in [-0.25, -0.2) is 4.98 Å². The van der Waals surface area contributed by atoms with Gasteiger partial charge in [0.05, 0.1) is 28.9 Å². The van der Waals surface area contributed by atoms with Crippen LogP contribution in [-0.2, 0) is 11.3 Å². The number of nitrogens with zero attached hydrogens (tertiary/aromatic N) is 3. The minimum atomic E-state index is 0.0286. The number of hydrogen-bond donors (Lipinski definition) is 0. The second-order valence-corrected chi connectivity index (χ2v) is 8.09. The van der Waals surface area contributed by atoms with Crippen LogP contribution in [0.3, 0.4) is 0 Å². The highest BCUT2D eigenvalue weighted by Gasteiger charge is 2.35. The van der Waals surface area contributed by atoms with Gasteiger partial charge in [0.1, 0.15) is 11.6 Å². The van der Waals surface area contributed by atoms with Gasteiger partial charge in [-0.3, -0.25) is 4.79 Å². The van der Waals surface area contributed by atoms with Crippen molar-refractivity contribution in [1.82, 2.24) is 9.55 Å². The number of imidazole rings is 1. The quantitative estimate of drug-likeness (QED) is 0.616. The van der Waals surface area contributed by atoms with Gasteiger partial charge in [0.2, 0.25) is 5.91 Å². The Kier molecular flexibility index (Phi) is 5.02. The van der Waals surface area contributed by atoms with Crippen LogP contribution in [0.2, 0.25) is 5.02 Å². The average Bonchev–Trinajstić information content (AvgIpc) is 3.23. The van der Waals surface area contributed by atoms with Crippen LogP contribution in [0.25, 0.3) is 11.0 Å². The first kappa shape index (κ1) is 18.8. The van der Waals surface area contributed by atoms with Crippen molar-refractivity contribution >= 4 is 34.2 Å². The monoisotopic (exact) mass is 397 g/mol. The molecule has 0 bridgehead atoms. The van der Waals surface area contributed by atoms with Gasteiger partial charge in [0.25, 0.3) is 0 Å². The zero-order valence-electron chi connectivity index (χ0n) is 16.4. The second kappa shape index (κ2) is 7.47. The van der Waals surface area contributed by atoms with Crippen LogP contribution in [0.15, 0.2) is 42.5 Å². The third-order valence-electron chi connectivity index (χ3n) is 5.17. The molecule has 146 valence electrons. The van der Waals surface area contributed by atoms with Crippen LogP contribution < -0.4 is 9.64 Å². The molecule has 2 heterocycles. The molecule has 4 rings (SSSR count). The van der Waals surface area contributed by atoms with Gasteiger partial charge in [-0.1, -0.05) is 37.6 Å². The van der Waals surface area contributed by atoms with Crippen LogP contribution in [0.5, 0.6) is 5.75 Å². The fourth-order valence-corrected chi connectivity index (χ4v) is 4.12. The minimum Gasteiger partial charge on any atom is -0.497 e. The van der Waals surface area contributed by atoms with Crippen molar-refractivity contribution in [2.45, 2.75) is 32.7 Å². The summed E-state index contributed by atoms with van der Waals surface area (Å²) in [6, 6.07) is 13.6. The number of halogens is 1. The van der Waals surface area contributed by atoms with Crippen LogP contribution in [0, 0.1) is 5.92 Å². The number of hydrogen-bond acceptors (Lipinski definition) is 3. The Bertz CT molecular complexity index is 1030. The van der Waals surface area contributed by atoms with E-state index in [0.29, 0.717) is 35.3 Å². The topological polar surface area (TPSA) is 47.4 Å². The lowest BCUT2D eigenvalue weighted by Gasteiger charge is -2.19. The van der Waals surface area contributed by atoms with Gasteiger partial charge in [-0.2, -0.15) is 0 Å². The van der Waals surface area contributed by atoms with Crippen LogP contribution in [-0.4, -0.2) is 29.1 Å². The molecule has 1 aromatic heterocycles. The van der Waals surface area contributed by atoms with Crippen LogP contribution in [0.1, 0.15) is 32.0 Å². The summed E-state index contributed by atoms with van der Waals surface area (Å²) in [5.74, 6) is 2.23. The number of anilines is 1. The van der Waals surface area contributed by atoms with Crippen molar-refractivity contribution in [2.75, 3.05) is 18.6 Å². The van der Waals surface area contributed by atoms with E-state index in [-0.39, 0.29) is 11.8 Å². The maximum absolute atomic E-state index is 12.8. The third-order valence-corrected chi connectivity index (χ3v) is 5.49. The maximum Gasteiger partial charge on any atom is 0.227 e. The lowest BCUT2D eigenvalue weighted by molar-refractivity contribution is -0.117. The largest absolute Gasteiger partial charge is 0.497 e. The van der Waals surface area contributed by atoms with E-state index in [1.165, 1.54) is 0 Å². The highest BCUT2D eigenvalue weighted by atomic mass is 35.5. The first-order chi connectivity index (χ1) is 13.5. The summed E-state index contributed by atoms with van der Waals surface area (Å²) in [5, 5.41) is 0.547. The van der Waals surface area contributed by atoms with Crippen molar-refractivity contribution in [2.24, 2.45) is 5.92 Å². The zero-order chi connectivity index (χ0) is 19.8. The third kappa shape index (κ3) is 3.35. The van der Waals surface area contributed by atoms with Gasteiger partial charge >= 0.3 is 0 Å². The van der Waals surface area contributed by atoms with Crippen molar-refractivity contribution in [3.05, 3.63) is 53.3 Å². The van der Waals surface area contributed by atoms with E-state index in [4.69, 9.17) is 21.3 Å². The standard InChI is InChI=1S/C22H24ClN3O2/c1-14(2)12-26-19-7-5-4-6-18(19)24-22(26)15-10-21(27)25(13-15)20-11-16(28-3)8-9-17(20)23/h4-9,11,14-15H,10,12-13H2,1-3H3/t15-/m0/s1. The average molecular weight is 398 g/mol. The van der Waals surface area contributed by atoms with Crippen molar-refractivity contribution in [3.8, 4) is 5.75 Å². The number of amides is 1. The van der Waals surface area contributed by atoms with Crippen LogP contribution in [0.4, 0.5) is 5.69 Å². The van der Waals surface area contributed by atoms with Crippen molar-refractivity contribution in [3.63, 3.8) is 0 Å². The number of para-hydroxylation sites is 2. The molecule has 28 heavy (non-hydrogen) atoms. The zero-order valence-corrected chi connectivity index (χ0v) is 17.1. The van der Waals surface area contributed by atoms with Gasteiger partial charge < -0.3 is 14.2 Å². The smallest absolute Gasteiger partial charge is 0.227 e. The molecule has 2 aromatic carbocycles. The number of carbonyl (C=O) groups excluding carboxylic acids is 1. The number of aromatic nitrogens is 2. The fraction of sp³-hybridized carbons (Fsp3) is 0.364. The Balaban J connectivity index is 1.71. The molecule has 6 heteroatoms. The Morgan fingerprint density at radius 3 is 2.79 bits per heavy atom. The summed E-state index contributed by atoms with van der Waals surface area (Å²) in [4.78, 5) is 19.5. The lowest BCUT2D eigenvalue weighted by Crippen LogP contribution is -2.25. The second-order valence-electron chi connectivity index (χ2n) is 7.69. The summed E-state index contributed by atoms with van der Waals surface area (Å²) in [5.41, 5.74) is 2.79. The molecule has 0 N–H and O–H groups in total. The van der Waals surface area contributed by atoms with E-state index in [1.807, 2.05) is 24.3 Å². The number of methoxy groups -OCH3 is 1. The number of benzene rings is 2. The molecular formula is C22H24ClN3O2. The molecule has 1 saturated heterocycles. The summed E-state index contributed by atoms with van der Waals surface area (Å²) in [6.45, 7) is 5.83. The van der Waals surface area contributed by atoms with Crippen LogP contribution >= 0.6 is 11.6 Å². The maximum atomic E-state index is 12.8. The molecule has 0 radical (unpaired) electrons. The molecule has 0 spiro atoms. The Hall–Kier alpha value is -2.53. The minimum absolute atomic E-state index is 0.0286. The highest BCUT2D eigenvalue weighted by molar-refractivity contribution is 6.34. The Labute approximate surface area is 169 Å². The molecular weight excluding hydrogens is 374 g/mol. The summed E-state index contributed by atoms with van der Waals surface area (Å²) in [6.07, 6.45) is 0.426. The SMILES string of the molecule is COc1ccc(Cl)c(N2C[C@@H](c3nc4ccccc4n3CC(C)C)CC2=O)c1. The molecule has 0 saturated carbocycles. The number of ether oxygens (including phenoxy) is 1. The van der Waals surface area contributed by atoms with E-state index < -0.39 is 0 Å². The molecule has 1 aliphatic rings. The van der Waals surface area contributed by atoms with E-state index in [2.05, 4.69) is 24.5 Å².